The van der Waals surface area contributed by atoms with Crippen molar-refractivity contribution in [2.75, 3.05) is 11.9 Å². The number of nitrogens with zero attached hydrogens (tertiary/aromatic N) is 2. The summed E-state index contributed by atoms with van der Waals surface area (Å²) in [7, 11) is 0. The van der Waals surface area contributed by atoms with E-state index >= 15 is 0 Å². The lowest BCUT2D eigenvalue weighted by Crippen LogP contribution is -2.27. The molecule has 0 fully saturated rings. The number of hydrazone groups is 1. The summed E-state index contributed by atoms with van der Waals surface area (Å²) in [5.41, 5.74) is 5.92. The third-order valence-electron chi connectivity index (χ3n) is 3.29. The number of benzene rings is 1. The first-order chi connectivity index (χ1) is 12.6. The minimum Gasteiger partial charge on any atom is -0.347 e. The van der Waals surface area contributed by atoms with Crippen LogP contribution in [0.5, 0.6) is 0 Å². The van der Waals surface area contributed by atoms with Crippen LogP contribution in [0.4, 0.5) is 5.95 Å². The summed E-state index contributed by atoms with van der Waals surface area (Å²) in [5.74, 6) is 0.299. The molecule has 1 amide bonds. The van der Waals surface area contributed by atoms with Crippen LogP contribution in [0.15, 0.2) is 65.8 Å². The lowest BCUT2D eigenvalue weighted by molar-refractivity contribution is -0.119. The van der Waals surface area contributed by atoms with Crippen LogP contribution < -0.4 is 10.7 Å². The molecular formula is C20H27N5O. The summed E-state index contributed by atoms with van der Waals surface area (Å²) in [6.45, 7) is 11.4. The standard InChI is InChI=1S/C18H21N5O.C2H6/c1-4-6-9-14(5-2)13(3)22-23-17(24)12-19-18-20-15-10-7-8-11-16(15)21-18;1-2/h4-11H,1,12H2,2-3H3,(H,23,24)(H2,19,20,21);1-2H3/b9-6-,14-5+,22-13-;. The molecule has 1 aromatic carbocycles. The van der Waals surface area contributed by atoms with Crippen molar-refractivity contribution < 1.29 is 4.79 Å². The van der Waals surface area contributed by atoms with Gasteiger partial charge < -0.3 is 10.3 Å². The number of nitrogens with one attached hydrogen (secondary N) is 3. The number of anilines is 1. The van der Waals surface area contributed by atoms with Crippen LogP contribution in [0, 0.1) is 0 Å². The Bertz CT molecular complexity index is 781. The van der Waals surface area contributed by atoms with Crippen LogP contribution in [-0.4, -0.2) is 28.1 Å². The molecule has 6 heteroatoms. The number of hydrogen-bond acceptors (Lipinski definition) is 4. The zero-order valence-corrected chi connectivity index (χ0v) is 15.8. The average Bonchev–Trinajstić information content (AvgIpc) is 3.10. The van der Waals surface area contributed by atoms with Crippen molar-refractivity contribution >= 4 is 28.6 Å². The fraction of sp³-hybridized carbons (Fsp3) is 0.250. The monoisotopic (exact) mass is 353 g/mol. The fourth-order valence-electron chi connectivity index (χ4n) is 2.05. The van der Waals surface area contributed by atoms with Crippen LogP contribution in [0.1, 0.15) is 27.7 Å². The molecule has 0 unspecified atom stereocenters. The van der Waals surface area contributed by atoms with Crippen molar-refractivity contribution in [3.8, 4) is 0 Å². The first kappa shape index (κ1) is 20.9. The lowest BCUT2D eigenvalue weighted by Gasteiger charge is -2.04. The van der Waals surface area contributed by atoms with E-state index in [1.165, 1.54) is 0 Å². The van der Waals surface area contributed by atoms with E-state index < -0.39 is 0 Å². The maximum atomic E-state index is 11.9. The van der Waals surface area contributed by atoms with Gasteiger partial charge in [0, 0.05) is 0 Å². The molecule has 0 saturated heterocycles. The molecule has 0 bridgehead atoms. The molecule has 2 aromatic rings. The Kier molecular flexibility index (Phi) is 9.17. The molecule has 138 valence electrons. The SMILES string of the molecule is C=C\C=C/C(=C\C)C(/C)=N\NC(=O)CNc1nc2ccccc2[nH]1.CC. The second kappa shape index (κ2) is 11.4. The summed E-state index contributed by atoms with van der Waals surface area (Å²) < 4.78 is 0. The van der Waals surface area contributed by atoms with Crippen molar-refractivity contribution in [1.29, 1.82) is 0 Å². The highest BCUT2D eigenvalue weighted by molar-refractivity contribution is 6.01. The molecule has 26 heavy (non-hydrogen) atoms. The van der Waals surface area contributed by atoms with Crippen LogP contribution in [0.2, 0.25) is 0 Å². The minimum absolute atomic E-state index is 0.0737. The number of hydrogen-bond donors (Lipinski definition) is 3. The van der Waals surface area contributed by atoms with Gasteiger partial charge in [-0.05, 0) is 31.6 Å². The molecule has 0 aliphatic heterocycles. The summed E-state index contributed by atoms with van der Waals surface area (Å²) in [5, 5.41) is 7.04. The van der Waals surface area contributed by atoms with E-state index in [1.54, 1.807) is 6.08 Å². The molecule has 0 saturated carbocycles. The first-order valence-corrected chi connectivity index (χ1v) is 8.61. The van der Waals surface area contributed by atoms with Gasteiger partial charge >= 0.3 is 0 Å². The van der Waals surface area contributed by atoms with E-state index in [1.807, 2.05) is 70.2 Å². The van der Waals surface area contributed by atoms with E-state index in [0.717, 1.165) is 16.6 Å². The van der Waals surface area contributed by atoms with Crippen molar-refractivity contribution in [2.24, 2.45) is 5.10 Å². The Hall–Kier alpha value is -3.15. The van der Waals surface area contributed by atoms with Gasteiger partial charge in [-0.3, -0.25) is 4.79 Å². The van der Waals surface area contributed by atoms with E-state index in [2.05, 4.69) is 32.4 Å². The minimum atomic E-state index is -0.252. The van der Waals surface area contributed by atoms with E-state index in [4.69, 9.17) is 0 Å². The summed E-state index contributed by atoms with van der Waals surface area (Å²) in [6.07, 6.45) is 7.30. The van der Waals surface area contributed by atoms with E-state index in [-0.39, 0.29) is 12.5 Å². The van der Waals surface area contributed by atoms with Crippen molar-refractivity contribution in [3.63, 3.8) is 0 Å². The van der Waals surface area contributed by atoms with Gasteiger partial charge in [0.1, 0.15) is 0 Å². The average molecular weight is 353 g/mol. The Morgan fingerprint density at radius 2 is 2.08 bits per heavy atom. The highest BCUT2D eigenvalue weighted by atomic mass is 16.2. The number of imidazole rings is 1. The first-order valence-electron chi connectivity index (χ1n) is 8.61. The number of aromatic nitrogens is 2. The molecule has 3 N–H and O–H groups in total. The summed E-state index contributed by atoms with van der Waals surface area (Å²) >= 11 is 0. The third kappa shape index (κ3) is 6.39. The normalized spacial score (nSPS) is 11.8. The molecule has 1 aromatic heterocycles. The van der Waals surface area contributed by atoms with Crippen LogP contribution in [0.25, 0.3) is 11.0 Å². The van der Waals surface area contributed by atoms with Gasteiger partial charge in [0.25, 0.3) is 5.91 Å². The summed E-state index contributed by atoms with van der Waals surface area (Å²) in [6, 6.07) is 7.67. The van der Waals surface area contributed by atoms with Crippen LogP contribution in [0.3, 0.4) is 0 Å². The van der Waals surface area contributed by atoms with E-state index in [0.29, 0.717) is 11.7 Å². The quantitative estimate of drug-likeness (QED) is 0.397. The molecule has 6 nitrogen and oxygen atoms in total. The smallest absolute Gasteiger partial charge is 0.259 e. The maximum Gasteiger partial charge on any atom is 0.259 e. The van der Waals surface area contributed by atoms with E-state index in [9.17, 15) is 4.79 Å². The Morgan fingerprint density at radius 1 is 1.35 bits per heavy atom. The number of carbonyl (C=O) groups is 1. The predicted octanol–water partition coefficient (Wildman–Crippen LogP) is 4.18. The summed E-state index contributed by atoms with van der Waals surface area (Å²) in [4.78, 5) is 19.3. The second-order valence-corrected chi connectivity index (χ2v) is 5.03. The highest BCUT2D eigenvalue weighted by Gasteiger charge is 2.05. The van der Waals surface area contributed by atoms with Crippen molar-refractivity contribution in [2.45, 2.75) is 27.7 Å². The van der Waals surface area contributed by atoms with Crippen LogP contribution in [-0.2, 0) is 4.79 Å². The van der Waals surface area contributed by atoms with Gasteiger partial charge in [-0.1, -0.05) is 56.9 Å². The van der Waals surface area contributed by atoms with Gasteiger partial charge in [0.15, 0.2) is 0 Å². The Balaban J connectivity index is 0.00000163. The number of para-hydroxylation sites is 2. The molecular weight excluding hydrogens is 326 g/mol. The topological polar surface area (TPSA) is 82.2 Å². The lowest BCUT2D eigenvalue weighted by atomic mass is 10.1. The number of carbonyl (C=O) groups excluding carboxylic acids is 1. The maximum absolute atomic E-state index is 11.9. The number of H-pyrrole nitrogens is 1. The highest BCUT2D eigenvalue weighted by Crippen LogP contribution is 2.12. The molecule has 2 rings (SSSR count). The zero-order chi connectivity index (χ0) is 19.4. The number of amides is 1. The Labute approximate surface area is 154 Å². The number of fused-ring (bicyclic) bond motifs is 1. The number of aromatic amines is 1. The van der Waals surface area contributed by atoms with Gasteiger partial charge in [-0.25, -0.2) is 10.4 Å². The molecule has 1 heterocycles. The molecule has 0 aliphatic carbocycles. The third-order valence-corrected chi connectivity index (χ3v) is 3.29. The van der Waals surface area contributed by atoms with Crippen LogP contribution >= 0.6 is 0 Å². The fourth-order valence-corrected chi connectivity index (χ4v) is 2.05. The molecule has 0 aliphatic rings. The van der Waals surface area contributed by atoms with Gasteiger partial charge in [0.2, 0.25) is 5.95 Å². The predicted molar refractivity (Wildman–Crippen MR) is 110 cm³/mol. The molecule has 0 atom stereocenters. The van der Waals surface area contributed by atoms with Gasteiger partial charge in [-0.2, -0.15) is 5.10 Å². The van der Waals surface area contributed by atoms with Crippen molar-refractivity contribution in [1.82, 2.24) is 15.4 Å². The number of rotatable bonds is 7. The van der Waals surface area contributed by atoms with Gasteiger partial charge in [-0.15, -0.1) is 0 Å². The number of allylic oxidation sites excluding steroid dienone is 5. The largest absolute Gasteiger partial charge is 0.347 e. The second-order valence-electron chi connectivity index (χ2n) is 5.03. The van der Waals surface area contributed by atoms with Crippen molar-refractivity contribution in [3.05, 3.63) is 60.7 Å². The Morgan fingerprint density at radius 3 is 2.73 bits per heavy atom. The molecule has 0 radical (unpaired) electrons. The zero-order valence-electron chi connectivity index (χ0n) is 15.8. The van der Waals surface area contributed by atoms with Gasteiger partial charge in [0.05, 0.1) is 23.3 Å². The molecule has 0 spiro atoms.